The molecule has 5 aliphatic heterocycles. The number of allylic oxidation sites excluding steroid dienone is 11. The van der Waals surface area contributed by atoms with Gasteiger partial charge in [-0.05, 0) is 74.1 Å². The first kappa shape index (κ1) is 37.1. The molecule has 2 atom stereocenters. The predicted octanol–water partition coefficient (Wildman–Crippen LogP) is 5.57. The minimum atomic E-state index is -0.348. The third-order valence-electron chi connectivity index (χ3n) is 10.4. The van der Waals surface area contributed by atoms with E-state index in [1.807, 2.05) is 32.1 Å². The lowest BCUT2D eigenvalue weighted by atomic mass is 9.86. The van der Waals surface area contributed by atoms with Gasteiger partial charge in [-0.3, -0.25) is 9.59 Å². The van der Waals surface area contributed by atoms with E-state index >= 15 is 0 Å². The van der Waals surface area contributed by atoms with Crippen molar-refractivity contribution in [2.45, 2.75) is 67.2 Å². The van der Waals surface area contributed by atoms with Crippen LogP contribution in [0.25, 0.3) is 0 Å². The lowest BCUT2D eigenvalue weighted by Gasteiger charge is -2.17. The van der Waals surface area contributed by atoms with Gasteiger partial charge in [0.2, 0.25) is 0 Å². The number of aliphatic imine (C=N–C) groups is 3. The van der Waals surface area contributed by atoms with Crippen LogP contribution < -0.4 is 5.32 Å². The number of esters is 2. The Morgan fingerprint density at radius 3 is 2.17 bits per heavy atom. The molecule has 6 rings (SSSR count). The summed E-state index contributed by atoms with van der Waals surface area (Å²) in [4.78, 5) is 38.8. The summed E-state index contributed by atoms with van der Waals surface area (Å²) in [6, 6.07) is 0. The number of nitrogens with zero attached hydrogens (tertiary/aromatic N) is 3. The van der Waals surface area contributed by atoms with E-state index < -0.39 is 0 Å². The minimum Gasteiger partial charge on any atom is -0.511 e. The number of carbonyl (C=O) groups excluding carboxylic acids is 2. The Morgan fingerprint density at radius 2 is 1.50 bits per heavy atom. The number of nitrogens with one attached hydrogen (secondary N) is 1. The molecule has 52 heavy (non-hydrogen) atoms. The van der Waals surface area contributed by atoms with Gasteiger partial charge in [-0.25, -0.2) is 15.0 Å². The zero-order valence-corrected chi connectivity index (χ0v) is 30.9. The smallest absolute Gasteiger partial charge is 0.305 e. The van der Waals surface area contributed by atoms with Crippen LogP contribution in [-0.4, -0.2) is 85.5 Å². The van der Waals surface area contributed by atoms with E-state index in [4.69, 9.17) is 33.9 Å². The fourth-order valence-corrected chi connectivity index (χ4v) is 7.48. The first-order chi connectivity index (χ1) is 25.0. The standard InChI is InChI=1S/C40H48N4O8/c1-7-26-21(2)31-18-35-29(20-45)23(4)30(42-35)17-32-22(3)27(8-9-37(48)52-15-13-50-11-10-49-12-14-51-25(6)46)39(43-32)28-16-36(47)38-24(5)33(44-40(28)38)19-34(26)41-31/h17-19,22,27,43,45,47H,7-16,20H2,1-6H3/t22-,27-/m0/s1. The number of aliphatic hydroxyl groups is 2. The molecule has 0 aromatic carbocycles. The maximum absolute atomic E-state index is 12.9. The monoisotopic (exact) mass is 712 g/mol. The fraction of sp³-hybridized carbons (Fsp3) is 0.475. The quantitative estimate of drug-likeness (QED) is 0.155. The number of fused-ring (bicyclic) bond motifs is 5. The molecule has 276 valence electrons. The summed E-state index contributed by atoms with van der Waals surface area (Å²) < 4.78 is 21.2. The van der Waals surface area contributed by atoms with E-state index in [1.165, 1.54) is 6.92 Å². The lowest BCUT2D eigenvalue weighted by molar-refractivity contribution is -0.146. The Bertz CT molecular complexity index is 1910. The van der Waals surface area contributed by atoms with Crippen LogP contribution >= 0.6 is 0 Å². The first-order valence-electron chi connectivity index (χ1n) is 18.0. The molecular formula is C40H48N4O8. The van der Waals surface area contributed by atoms with Crippen molar-refractivity contribution in [2.75, 3.05) is 46.2 Å². The Balaban J connectivity index is 1.24. The molecule has 6 aliphatic rings. The van der Waals surface area contributed by atoms with Gasteiger partial charge in [-0.1, -0.05) is 13.8 Å². The summed E-state index contributed by atoms with van der Waals surface area (Å²) in [5.41, 5.74) is 12.9. The van der Waals surface area contributed by atoms with Gasteiger partial charge in [0.1, 0.15) is 19.0 Å². The van der Waals surface area contributed by atoms with E-state index in [1.54, 1.807) is 0 Å². The molecule has 12 nitrogen and oxygen atoms in total. The van der Waals surface area contributed by atoms with Crippen molar-refractivity contribution in [3.05, 3.63) is 91.5 Å². The molecule has 0 aromatic rings. The highest BCUT2D eigenvalue weighted by Crippen LogP contribution is 2.46. The van der Waals surface area contributed by atoms with Crippen LogP contribution in [0, 0.1) is 11.8 Å². The Kier molecular flexibility index (Phi) is 11.4. The Hall–Kier alpha value is -4.65. The molecule has 1 aliphatic carbocycles. The van der Waals surface area contributed by atoms with Crippen LogP contribution in [0.4, 0.5) is 0 Å². The van der Waals surface area contributed by atoms with Gasteiger partial charge in [-0.2, -0.15) is 0 Å². The molecule has 3 N–H and O–H groups in total. The maximum atomic E-state index is 12.9. The number of ether oxygens (including phenoxy) is 4. The Morgan fingerprint density at radius 1 is 0.865 bits per heavy atom. The van der Waals surface area contributed by atoms with Gasteiger partial charge in [0.05, 0.1) is 67.3 Å². The SMILES string of the molecule is CCC1=C(C)C2=NC1=CC1=C(C)C3=C(O)CC(=C4NC(=CC5=NC(=C2)C(CO)=C5C)[C@@H](C)[C@@H]4CCC(=O)OCCOCCOCCOC(C)=O)C3=N1. The van der Waals surface area contributed by atoms with Crippen LogP contribution in [0.3, 0.4) is 0 Å². The van der Waals surface area contributed by atoms with E-state index in [2.05, 4.69) is 26.1 Å². The van der Waals surface area contributed by atoms with Crippen molar-refractivity contribution in [1.82, 2.24) is 5.32 Å². The molecule has 0 saturated carbocycles. The highest BCUT2D eigenvalue weighted by molar-refractivity contribution is 6.21. The van der Waals surface area contributed by atoms with Crippen LogP contribution in [-0.2, 0) is 28.5 Å². The van der Waals surface area contributed by atoms with Gasteiger partial charge in [0.25, 0.3) is 0 Å². The highest BCUT2D eigenvalue weighted by atomic mass is 16.6. The maximum Gasteiger partial charge on any atom is 0.305 e. The van der Waals surface area contributed by atoms with Crippen molar-refractivity contribution < 1.29 is 38.7 Å². The van der Waals surface area contributed by atoms with Gasteiger partial charge >= 0.3 is 11.9 Å². The number of aliphatic hydroxyl groups excluding tert-OH is 2. The minimum absolute atomic E-state index is 0.0159. The molecule has 12 heteroatoms. The average molecular weight is 713 g/mol. The molecule has 0 aromatic heterocycles. The first-order valence-corrected chi connectivity index (χ1v) is 18.0. The largest absolute Gasteiger partial charge is 0.511 e. The van der Waals surface area contributed by atoms with Crippen molar-refractivity contribution in [3.8, 4) is 0 Å². The van der Waals surface area contributed by atoms with Crippen LogP contribution in [0.2, 0.25) is 0 Å². The second-order valence-electron chi connectivity index (χ2n) is 13.6. The van der Waals surface area contributed by atoms with Crippen molar-refractivity contribution >= 4 is 29.1 Å². The van der Waals surface area contributed by atoms with Gasteiger partial charge in [0.15, 0.2) is 0 Å². The molecule has 5 heterocycles. The molecule has 1 saturated heterocycles. The van der Waals surface area contributed by atoms with Gasteiger partial charge in [0, 0.05) is 59.7 Å². The number of carbonyl (C=O) groups is 2. The van der Waals surface area contributed by atoms with E-state index in [9.17, 15) is 19.8 Å². The normalized spacial score (nSPS) is 22.1. The third kappa shape index (κ3) is 7.46. The van der Waals surface area contributed by atoms with Gasteiger partial charge < -0.3 is 34.5 Å². The second kappa shape index (κ2) is 15.9. The summed E-state index contributed by atoms with van der Waals surface area (Å²) in [5, 5.41) is 25.4. The number of hydrogen-bond donors (Lipinski definition) is 3. The zero-order chi connectivity index (χ0) is 37.1. The molecule has 1 fully saturated rings. The van der Waals surface area contributed by atoms with Crippen LogP contribution in [0.15, 0.2) is 106 Å². The summed E-state index contributed by atoms with van der Waals surface area (Å²) >= 11 is 0. The average Bonchev–Trinajstić information content (AvgIpc) is 3.86. The summed E-state index contributed by atoms with van der Waals surface area (Å²) in [6.45, 7) is 13.0. The highest BCUT2D eigenvalue weighted by Gasteiger charge is 2.41. The summed E-state index contributed by atoms with van der Waals surface area (Å²) in [5.74, 6) is -0.485. The third-order valence-corrected chi connectivity index (χ3v) is 10.4. The molecular weight excluding hydrogens is 664 g/mol. The fourth-order valence-electron chi connectivity index (χ4n) is 7.48. The predicted molar refractivity (Wildman–Crippen MR) is 198 cm³/mol. The summed E-state index contributed by atoms with van der Waals surface area (Å²) in [7, 11) is 0. The van der Waals surface area contributed by atoms with Crippen molar-refractivity contribution in [3.63, 3.8) is 0 Å². The van der Waals surface area contributed by atoms with Crippen molar-refractivity contribution in [2.24, 2.45) is 26.8 Å². The van der Waals surface area contributed by atoms with Gasteiger partial charge in [-0.15, -0.1) is 0 Å². The van der Waals surface area contributed by atoms with Crippen LogP contribution in [0.5, 0.6) is 0 Å². The molecule has 0 unspecified atom stereocenters. The molecule has 0 spiro atoms. The zero-order valence-electron chi connectivity index (χ0n) is 30.9. The van der Waals surface area contributed by atoms with Crippen molar-refractivity contribution in [1.29, 1.82) is 0 Å². The lowest BCUT2D eigenvalue weighted by Crippen LogP contribution is -2.17. The topological polar surface area (TPSA) is 161 Å². The number of rotatable bonds is 14. The second-order valence-corrected chi connectivity index (χ2v) is 13.6. The Labute approximate surface area is 304 Å². The molecule has 0 radical (unpaired) electrons. The summed E-state index contributed by atoms with van der Waals surface area (Å²) in [6.07, 6.45) is 7.84. The van der Waals surface area contributed by atoms with E-state index in [0.29, 0.717) is 38.4 Å². The number of hydrogen-bond acceptors (Lipinski definition) is 12. The van der Waals surface area contributed by atoms with E-state index in [0.717, 1.165) is 85.4 Å². The molecule has 0 amide bonds. The van der Waals surface area contributed by atoms with Crippen LogP contribution in [0.1, 0.15) is 67.2 Å². The molecule has 8 bridgehead atoms. The van der Waals surface area contributed by atoms with E-state index in [-0.39, 0.29) is 62.4 Å².